The number of anilines is 1. The van der Waals surface area contributed by atoms with Crippen LogP contribution in [-0.2, 0) is 0 Å². The maximum absolute atomic E-state index is 12.4. The van der Waals surface area contributed by atoms with Crippen LogP contribution >= 0.6 is 11.3 Å². The summed E-state index contributed by atoms with van der Waals surface area (Å²) in [4.78, 5) is 28.1. The van der Waals surface area contributed by atoms with Crippen LogP contribution in [0, 0.1) is 13.8 Å². The van der Waals surface area contributed by atoms with Crippen LogP contribution < -0.4 is 11.1 Å². The molecule has 0 radical (unpaired) electrons. The second-order valence-electron chi connectivity index (χ2n) is 5.68. The first-order valence-corrected chi connectivity index (χ1v) is 8.56. The number of benzene rings is 2. The summed E-state index contributed by atoms with van der Waals surface area (Å²) in [5.41, 5.74) is 9.51. The maximum atomic E-state index is 12.4. The van der Waals surface area contributed by atoms with Gasteiger partial charge in [-0.15, -0.1) is 11.3 Å². The monoisotopic (exact) mass is 351 g/mol. The van der Waals surface area contributed by atoms with Gasteiger partial charge in [-0.2, -0.15) is 0 Å². The Kier molecular flexibility index (Phi) is 4.63. The Morgan fingerprint density at radius 1 is 1.08 bits per heavy atom. The van der Waals surface area contributed by atoms with Crippen LogP contribution in [-0.4, -0.2) is 16.8 Å². The minimum absolute atomic E-state index is 0.216. The predicted molar refractivity (Wildman–Crippen MR) is 99.9 cm³/mol. The normalized spacial score (nSPS) is 10.5. The van der Waals surface area contributed by atoms with Gasteiger partial charge in [0, 0.05) is 27.8 Å². The van der Waals surface area contributed by atoms with Crippen LogP contribution in [0.2, 0.25) is 0 Å². The zero-order chi connectivity index (χ0) is 18.0. The third-order valence-corrected chi connectivity index (χ3v) is 4.59. The largest absolute Gasteiger partial charge is 0.366 e. The number of hydrogen-bond donors (Lipinski definition) is 2. The van der Waals surface area contributed by atoms with Crippen molar-refractivity contribution in [1.82, 2.24) is 4.98 Å². The number of nitrogens with one attached hydrogen (secondary N) is 1. The number of aromatic nitrogens is 1. The minimum atomic E-state index is -0.483. The molecule has 6 heteroatoms. The third kappa shape index (κ3) is 3.75. The van der Waals surface area contributed by atoms with E-state index in [1.165, 1.54) is 0 Å². The Balaban J connectivity index is 1.75. The fourth-order valence-corrected chi connectivity index (χ4v) is 3.13. The summed E-state index contributed by atoms with van der Waals surface area (Å²) in [5.74, 6) is -0.699. The molecule has 1 aromatic heterocycles. The Hall–Kier alpha value is -2.99. The maximum Gasteiger partial charge on any atom is 0.255 e. The van der Waals surface area contributed by atoms with Gasteiger partial charge in [-0.25, -0.2) is 4.98 Å². The number of primary amides is 1. The van der Waals surface area contributed by atoms with Crippen molar-refractivity contribution in [3.8, 4) is 11.3 Å². The number of amides is 2. The molecular weight excluding hydrogens is 334 g/mol. The summed E-state index contributed by atoms with van der Waals surface area (Å²) in [6.45, 7) is 3.74. The lowest BCUT2D eigenvalue weighted by Crippen LogP contribution is -2.14. The molecule has 5 nitrogen and oxygen atoms in total. The van der Waals surface area contributed by atoms with E-state index in [9.17, 15) is 9.59 Å². The van der Waals surface area contributed by atoms with Crippen molar-refractivity contribution >= 4 is 28.8 Å². The van der Waals surface area contributed by atoms with Crippen LogP contribution in [0.4, 0.5) is 5.69 Å². The van der Waals surface area contributed by atoms with Crippen LogP contribution in [0.25, 0.3) is 11.3 Å². The zero-order valence-corrected chi connectivity index (χ0v) is 14.7. The smallest absolute Gasteiger partial charge is 0.255 e. The fourth-order valence-electron chi connectivity index (χ4n) is 2.51. The molecule has 0 bridgehead atoms. The molecule has 0 unspecified atom stereocenters. The van der Waals surface area contributed by atoms with Gasteiger partial charge in [0.1, 0.15) is 0 Å². The van der Waals surface area contributed by atoms with Gasteiger partial charge in [-0.1, -0.05) is 12.1 Å². The lowest BCUT2D eigenvalue weighted by Gasteiger charge is -2.08. The van der Waals surface area contributed by atoms with Gasteiger partial charge in [-0.05, 0) is 49.7 Å². The van der Waals surface area contributed by atoms with Gasteiger partial charge in [0.15, 0.2) is 0 Å². The number of nitrogens with zero attached hydrogens (tertiary/aromatic N) is 1. The molecule has 0 aliphatic heterocycles. The highest BCUT2D eigenvalue weighted by Gasteiger charge is 2.10. The van der Waals surface area contributed by atoms with Crippen LogP contribution in [0.3, 0.4) is 0 Å². The van der Waals surface area contributed by atoms with Crippen LogP contribution in [0.5, 0.6) is 0 Å². The number of thiazole rings is 1. The SMILES string of the molecule is Cc1nc(-c2ccc(C(=O)Nc3ccc(C(N)=O)c(C)c3)cc2)cs1. The standard InChI is InChI=1S/C19H17N3O2S/c1-11-9-15(7-8-16(11)18(20)23)22-19(24)14-5-3-13(4-6-14)17-10-25-12(2)21-17/h3-10H,1-2H3,(H2,20,23)(H,22,24). The predicted octanol–water partition coefficient (Wildman–Crippen LogP) is 3.78. The molecule has 1 heterocycles. The number of hydrogen-bond acceptors (Lipinski definition) is 4. The number of rotatable bonds is 4. The van der Waals surface area contributed by atoms with E-state index in [1.54, 1.807) is 48.6 Å². The van der Waals surface area contributed by atoms with E-state index in [-0.39, 0.29) is 5.91 Å². The Bertz CT molecular complexity index is 946. The van der Waals surface area contributed by atoms with Gasteiger partial charge >= 0.3 is 0 Å². The molecular formula is C19H17N3O2S. The van der Waals surface area contributed by atoms with Crippen LogP contribution in [0.15, 0.2) is 47.8 Å². The Labute approximate surface area is 149 Å². The van der Waals surface area contributed by atoms with Crippen molar-refractivity contribution in [2.24, 2.45) is 5.73 Å². The van der Waals surface area contributed by atoms with Gasteiger partial charge < -0.3 is 11.1 Å². The second kappa shape index (κ2) is 6.86. The topological polar surface area (TPSA) is 85.1 Å². The van der Waals surface area contributed by atoms with E-state index < -0.39 is 5.91 Å². The minimum Gasteiger partial charge on any atom is -0.366 e. The van der Waals surface area contributed by atoms with Crippen molar-refractivity contribution < 1.29 is 9.59 Å². The summed E-state index contributed by atoms with van der Waals surface area (Å²) in [6.07, 6.45) is 0. The average Bonchev–Trinajstić information content (AvgIpc) is 3.01. The average molecular weight is 351 g/mol. The highest BCUT2D eigenvalue weighted by Crippen LogP contribution is 2.22. The molecule has 0 fully saturated rings. The number of carbonyl (C=O) groups is 2. The Morgan fingerprint density at radius 3 is 2.36 bits per heavy atom. The van der Waals surface area contributed by atoms with E-state index >= 15 is 0 Å². The fraction of sp³-hybridized carbons (Fsp3) is 0.105. The van der Waals surface area contributed by atoms with E-state index in [1.807, 2.05) is 24.4 Å². The van der Waals surface area contributed by atoms with Gasteiger partial charge in [0.05, 0.1) is 10.7 Å². The van der Waals surface area contributed by atoms with E-state index in [0.717, 1.165) is 21.8 Å². The summed E-state index contributed by atoms with van der Waals surface area (Å²) in [5, 5.41) is 5.82. The first kappa shape index (κ1) is 16.9. The summed E-state index contributed by atoms with van der Waals surface area (Å²) in [6, 6.07) is 12.3. The molecule has 2 aromatic carbocycles. The first-order chi connectivity index (χ1) is 11.9. The van der Waals surface area contributed by atoms with Gasteiger partial charge in [0.25, 0.3) is 5.91 Å². The highest BCUT2D eigenvalue weighted by atomic mass is 32.1. The molecule has 0 saturated heterocycles. The molecule has 0 atom stereocenters. The highest BCUT2D eigenvalue weighted by molar-refractivity contribution is 7.09. The van der Waals surface area contributed by atoms with Crippen molar-refractivity contribution in [3.63, 3.8) is 0 Å². The number of aryl methyl sites for hydroxylation is 2. The van der Waals surface area contributed by atoms with Crippen molar-refractivity contribution in [1.29, 1.82) is 0 Å². The summed E-state index contributed by atoms with van der Waals surface area (Å²) < 4.78 is 0. The lowest BCUT2D eigenvalue weighted by atomic mass is 10.1. The molecule has 0 aliphatic carbocycles. The van der Waals surface area contributed by atoms with Crippen molar-refractivity contribution in [3.05, 3.63) is 69.5 Å². The van der Waals surface area contributed by atoms with E-state index in [4.69, 9.17) is 5.73 Å². The Morgan fingerprint density at radius 2 is 1.80 bits per heavy atom. The molecule has 3 N–H and O–H groups in total. The summed E-state index contributed by atoms with van der Waals surface area (Å²) >= 11 is 1.59. The quantitative estimate of drug-likeness (QED) is 0.750. The molecule has 25 heavy (non-hydrogen) atoms. The van der Waals surface area contributed by atoms with Crippen LogP contribution in [0.1, 0.15) is 31.3 Å². The van der Waals surface area contributed by atoms with Crippen molar-refractivity contribution in [2.75, 3.05) is 5.32 Å². The summed E-state index contributed by atoms with van der Waals surface area (Å²) in [7, 11) is 0. The second-order valence-corrected chi connectivity index (χ2v) is 6.74. The number of carbonyl (C=O) groups excluding carboxylic acids is 2. The molecule has 2 amide bonds. The number of nitrogens with two attached hydrogens (primary N) is 1. The van der Waals surface area contributed by atoms with E-state index in [2.05, 4.69) is 10.3 Å². The molecule has 0 aliphatic rings. The lowest BCUT2D eigenvalue weighted by molar-refractivity contribution is 0.0997. The zero-order valence-electron chi connectivity index (χ0n) is 13.9. The molecule has 126 valence electrons. The van der Waals surface area contributed by atoms with E-state index in [0.29, 0.717) is 16.8 Å². The van der Waals surface area contributed by atoms with Gasteiger partial charge in [0.2, 0.25) is 5.91 Å². The van der Waals surface area contributed by atoms with Crippen molar-refractivity contribution in [2.45, 2.75) is 13.8 Å². The third-order valence-electron chi connectivity index (χ3n) is 3.81. The first-order valence-electron chi connectivity index (χ1n) is 7.68. The molecule has 0 spiro atoms. The molecule has 0 saturated carbocycles. The van der Waals surface area contributed by atoms with Gasteiger partial charge in [-0.3, -0.25) is 9.59 Å². The molecule has 3 aromatic rings. The molecule has 3 rings (SSSR count).